The molecule has 2 amide bonds. The normalized spacial score (nSPS) is 10.5. The largest absolute Gasteiger partial charge is 0.508 e. The van der Waals surface area contributed by atoms with Crippen molar-refractivity contribution in [1.82, 2.24) is 10.7 Å². The van der Waals surface area contributed by atoms with Crippen LogP contribution in [0.4, 0.5) is 0 Å². The lowest BCUT2D eigenvalue weighted by Gasteiger charge is -2.05. The van der Waals surface area contributed by atoms with Crippen molar-refractivity contribution in [2.75, 3.05) is 6.54 Å². The fourth-order valence-electron chi connectivity index (χ4n) is 1.68. The van der Waals surface area contributed by atoms with Gasteiger partial charge < -0.3 is 10.4 Å². The van der Waals surface area contributed by atoms with Gasteiger partial charge in [-0.05, 0) is 57.9 Å². The summed E-state index contributed by atoms with van der Waals surface area (Å²) in [6, 6.07) is 13.3. The van der Waals surface area contributed by atoms with Gasteiger partial charge in [0.05, 0.1) is 18.3 Å². The maximum absolute atomic E-state index is 11.9. The number of hydrogen-bond donors (Lipinski definition) is 3. The minimum atomic E-state index is -0.444. The molecule has 3 N–H and O–H groups in total. The number of amides is 2. The van der Waals surface area contributed by atoms with E-state index in [2.05, 4.69) is 31.8 Å². The quantitative estimate of drug-likeness (QED) is 0.551. The van der Waals surface area contributed by atoms with Crippen LogP contribution < -0.4 is 10.7 Å². The van der Waals surface area contributed by atoms with E-state index < -0.39 is 5.91 Å². The van der Waals surface area contributed by atoms with Gasteiger partial charge in [-0.1, -0.05) is 12.1 Å². The van der Waals surface area contributed by atoms with E-state index in [-0.39, 0.29) is 18.2 Å². The molecule has 0 aliphatic carbocycles. The van der Waals surface area contributed by atoms with E-state index in [1.54, 1.807) is 36.4 Å². The summed E-state index contributed by atoms with van der Waals surface area (Å²) < 4.78 is 0.656. The smallest absolute Gasteiger partial charge is 0.259 e. The summed E-state index contributed by atoms with van der Waals surface area (Å²) in [5, 5.41) is 15.4. The summed E-state index contributed by atoms with van der Waals surface area (Å²) in [5.41, 5.74) is 3.48. The van der Waals surface area contributed by atoms with Gasteiger partial charge in [0, 0.05) is 4.47 Å². The minimum Gasteiger partial charge on any atom is -0.508 e. The molecular formula is C16H14BrN3O3. The molecule has 0 spiro atoms. The van der Waals surface area contributed by atoms with Crippen molar-refractivity contribution in [2.24, 2.45) is 5.10 Å². The number of benzene rings is 2. The van der Waals surface area contributed by atoms with Gasteiger partial charge in [0.15, 0.2) is 0 Å². The highest BCUT2D eigenvalue weighted by Crippen LogP contribution is 2.15. The number of aromatic hydroxyl groups is 1. The fraction of sp³-hybridized carbons (Fsp3) is 0.0625. The van der Waals surface area contributed by atoms with Crippen LogP contribution in [-0.4, -0.2) is 29.7 Å². The number of carbonyl (C=O) groups is 2. The van der Waals surface area contributed by atoms with Crippen LogP contribution in [0.3, 0.4) is 0 Å². The van der Waals surface area contributed by atoms with Gasteiger partial charge in [0.25, 0.3) is 11.8 Å². The molecule has 2 aromatic carbocycles. The lowest BCUT2D eigenvalue weighted by Crippen LogP contribution is -2.35. The van der Waals surface area contributed by atoms with Crippen LogP contribution in [0.2, 0.25) is 0 Å². The zero-order valence-corrected chi connectivity index (χ0v) is 13.6. The number of phenols is 1. The number of nitrogens with one attached hydrogen (secondary N) is 2. The molecule has 6 nitrogen and oxygen atoms in total. The van der Waals surface area contributed by atoms with E-state index in [9.17, 15) is 9.59 Å². The first-order valence-electron chi connectivity index (χ1n) is 6.70. The number of nitrogens with zero attached hydrogens (tertiary/aromatic N) is 1. The highest BCUT2D eigenvalue weighted by molar-refractivity contribution is 9.10. The van der Waals surface area contributed by atoms with Crippen LogP contribution in [0.15, 0.2) is 58.1 Å². The molecular weight excluding hydrogens is 362 g/mol. The Balaban J connectivity index is 1.80. The molecule has 0 radical (unpaired) electrons. The molecule has 0 saturated carbocycles. The highest BCUT2D eigenvalue weighted by Gasteiger charge is 2.10. The number of hydrogen-bond acceptors (Lipinski definition) is 4. The van der Waals surface area contributed by atoms with Crippen molar-refractivity contribution in [3.8, 4) is 5.75 Å². The average molecular weight is 376 g/mol. The van der Waals surface area contributed by atoms with Gasteiger partial charge in [-0.25, -0.2) is 5.43 Å². The van der Waals surface area contributed by atoms with E-state index in [0.29, 0.717) is 10.0 Å². The molecule has 23 heavy (non-hydrogen) atoms. The van der Waals surface area contributed by atoms with Crippen LogP contribution in [0.1, 0.15) is 15.9 Å². The summed E-state index contributed by atoms with van der Waals surface area (Å²) in [7, 11) is 0. The maximum atomic E-state index is 11.9. The summed E-state index contributed by atoms with van der Waals surface area (Å²) in [6.07, 6.45) is 1.44. The van der Waals surface area contributed by atoms with Gasteiger partial charge in [-0.2, -0.15) is 5.10 Å². The number of halogens is 1. The molecule has 0 saturated heterocycles. The summed E-state index contributed by atoms with van der Waals surface area (Å²) in [6.45, 7) is -0.187. The van der Waals surface area contributed by atoms with E-state index in [1.165, 1.54) is 18.3 Å². The predicted molar refractivity (Wildman–Crippen MR) is 90.3 cm³/mol. The minimum absolute atomic E-state index is 0.154. The molecule has 0 aromatic heterocycles. The first kappa shape index (κ1) is 16.7. The lowest BCUT2D eigenvalue weighted by molar-refractivity contribution is -0.120. The van der Waals surface area contributed by atoms with Crippen LogP contribution in [0.25, 0.3) is 0 Å². The number of phenolic OH excluding ortho intramolecular Hbond substituents is 1. The Morgan fingerprint density at radius 2 is 1.83 bits per heavy atom. The monoisotopic (exact) mass is 375 g/mol. The van der Waals surface area contributed by atoms with Crippen LogP contribution in [0, 0.1) is 0 Å². The number of carbonyl (C=O) groups excluding carboxylic acids is 2. The summed E-state index contributed by atoms with van der Waals surface area (Å²) >= 11 is 3.27. The Kier molecular flexibility index (Phi) is 5.87. The average Bonchev–Trinajstić information content (AvgIpc) is 2.55. The fourth-order valence-corrected chi connectivity index (χ4v) is 2.14. The SMILES string of the molecule is O=C(CNC(=O)c1ccccc1Br)N/N=C\c1ccc(O)cc1. The maximum Gasteiger partial charge on any atom is 0.259 e. The second-order valence-corrected chi connectivity index (χ2v) is 5.40. The molecule has 2 rings (SSSR count). The third-order valence-electron chi connectivity index (χ3n) is 2.82. The molecule has 0 unspecified atom stereocenters. The second kappa shape index (κ2) is 8.09. The Hall–Kier alpha value is -2.67. The standard InChI is InChI=1S/C16H14BrN3O3/c17-14-4-2-1-3-13(14)16(23)18-10-15(22)20-19-9-11-5-7-12(21)8-6-11/h1-9,21H,10H2,(H,18,23)(H,20,22)/b19-9-. The molecule has 118 valence electrons. The van der Waals surface area contributed by atoms with E-state index in [0.717, 1.165) is 5.56 Å². The van der Waals surface area contributed by atoms with Crippen molar-refractivity contribution in [3.05, 3.63) is 64.1 Å². The first-order valence-corrected chi connectivity index (χ1v) is 7.49. The molecule has 7 heteroatoms. The van der Waals surface area contributed by atoms with E-state index >= 15 is 0 Å². The molecule has 0 aliphatic heterocycles. The molecule has 0 bridgehead atoms. The summed E-state index contributed by atoms with van der Waals surface area (Å²) in [5.74, 6) is -0.642. The third-order valence-corrected chi connectivity index (χ3v) is 3.52. The Labute approximate surface area is 141 Å². The van der Waals surface area contributed by atoms with Gasteiger partial charge in [-0.3, -0.25) is 9.59 Å². The van der Waals surface area contributed by atoms with Gasteiger partial charge >= 0.3 is 0 Å². The Morgan fingerprint density at radius 3 is 2.52 bits per heavy atom. The first-order chi connectivity index (χ1) is 11.1. The van der Waals surface area contributed by atoms with Gasteiger partial charge in [-0.15, -0.1) is 0 Å². The van der Waals surface area contributed by atoms with Crippen molar-refractivity contribution >= 4 is 34.0 Å². The van der Waals surface area contributed by atoms with Crippen molar-refractivity contribution in [2.45, 2.75) is 0 Å². The Morgan fingerprint density at radius 1 is 1.13 bits per heavy atom. The molecule has 0 aliphatic rings. The number of rotatable bonds is 5. The van der Waals surface area contributed by atoms with Crippen molar-refractivity contribution in [3.63, 3.8) is 0 Å². The second-order valence-electron chi connectivity index (χ2n) is 4.55. The molecule has 0 fully saturated rings. The predicted octanol–water partition coefficient (Wildman–Crippen LogP) is 2.03. The topological polar surface area (TPSA) is 90.8 Å². The lowest BCUT2D eigenvalue weighted by atomic mass is 10.2. The van der Waals surface area contributed by atoms with Crippen molar-refractivity contribution in [1.29, 1.82) is 0 Å². The molecule has 0 heterocycles. The number of hydrazone groups is 1. The van der Waals surface area contributed by atoms with E-state index in [1.807, 2.05) is 0 Å². The zero-order chi connectivity index (χ0) is 16.7. The van der Waals surface area contributed by atoms with Gasteiger partial charge in [0.1, 0.15) is 5.75 Å². The molecule has 0 atom stereocenters. The van der Waals surface area contributed by atoms with Crippen LogP contribution in [0.5, 0.6) is 5.75 Å². The highest BCUT2D eigenvalue weighted by atomic mass is 79.9. The van der Waals surface area contributed by atoms with Crippen molar-refractivity contribution < 1.29 is 14.7 Å². The summed E-state index contributed by atoms with van der Waals surface area (Å²) in [4.78, 5) is 23.5. The Bertz CT molecular complexity index is 730. The zero-order valence-electron chi connectivity index (χ0n) is 12.0. The van der Waals surface area contributed by atoms with Gasteiger partial charge in [0.2, 0.25) is 0 Å². The van der Waals surface area contributed by atoms with Crippen LogP contribution in [-0.2, 0) is 4.79 Å². The van der Waals surface area contributed by atoms with Crippen LogP contribution >= 0.6 is 15.9 Å². The molecule has 2 aromatic rings. The van der Waals surface area contributed by atoms with E-state index in [4.69, 9.17) is 5.11 Å². The third kappa shape index (κ3) is 5.23.